The second-order valence-corrected chi connectivity index (χ2v) is 7.12. The molecule has 132 valence electrons. The van der Waals surface area contributed by atoms with Crippen LogP contribution in [-0.2, 0) is 11.3 Å². The van der Waals surface area contributed by atoms with E-state index in [1.165, 1.54) is 11.1 Å². The van der Waals surface area contributed by atoms with Crippen LogP contribution in [0.3, 0.4) is 0 Å². The van der Waals surface area contributed by atoms with E-state index in [9.17, 15) is 4.79 Å². The zero-order valence-corrected chi connectivity index (χ0v) is 15.2. The molecule has 1 amide bonds. The third-order valence-corrected chi connectivity index (χ3v) is 5.05. The maximum absolute atomic E-state index is 12.5. The number of aryl methyl sites for hydroxylation is 2. The summed E-state index contributed by atoms with van der Waals surface area (Å²) in [5.74, 6) is 1.25. The Hall–Kier alpha value is -2.88. The van der Waals surface area contributed by atoms with E-state index in [4.69, 9.17) is 4.98 Å². The predicted molar refractivity (Wildman–Crippen MR) is 103 cm³/mol. The molecular formula is C22H23N3O. The van der Waals surface area contributed by atoms with Crippen LogP contribution in [0.2, 0.25) is 0 Å². The number of H-pyrrole nitrogens is 1. The molecule has 4 nitrogen and oxygen atoms in total. The Morgan fingerprint density at radius 1 is 1.08 bits per heavy atom. The molecule has 1 saturated heterocycles. The van der Waals surface area contributed by atoms with Crippen molar-refractivity contribution in [2.45, 2.75) is 32.7 Å². The molecule has 0 radical (unpaired) electrons. The van der Waals surface area contributed by atoms with E-state index < -0.39 is 0 Å². The molecule has 4 heteroatoms. The number of nitrogens with one attached hydrogen (secondary N) is 1. The Morgan fingerprint density at radius 2 is 1.81 bits per heavy atom. The van der Waals surface area contributed by atoms with Crippen LogP contribution in [0.4, 0.5) is 0 Å². The second kappa shape index (κ2) is 6.79. The molecule has 0 saturated carbocycles. The standard InChI is InChI=1S/C22H23N3O/c1-15-8-10-17(11-9-15)13-25-14-19(12-20(25)26)22-23-16(2)21(24-22)18-6-4-3-5-7-18/h3-11,19H,12-14H2,1-2H3,(H,23,24)/t19-/m0/s1. The first-order chi connectivity index (χ1) is 12.6. The summed E-state index contributed by atoms with van der Waals surface area (Å²) in [6.07, 6.45) is 0.521. The van der Waals surface area contributed by atoms with Gasteiger partial charge in [-0.3, -0.25) is 4.79 Å². The average Bonchev–Trinajstić information content (AvgIpc) is 3.21. The molecule has 1 aliphatic heterocycles. The van der Waals surface area contributed by atoms with Crippen molar-refractivity contribution in [2.24, 2.45) is 0 Å². The maximum atomic E-state index is 12.5. The SMILES string of the molecule is Cc1ccc(CN2C[C@@H](c3nc(-c4ccccc4)c(C)[nH]3)CC2=O)cc1. The first-order valence-corrected chi connectivity index (χ1v) is 9.05. The molecule has 0 unspecified atom stereocenters. The number of rotatable bonds is 4. The molecule has 4 rings (SSSR count). The van der Waals surface area contributed by atoms with Crippen molar-refractivity contribution in [3.05, 3.63) is 77.2 Å². The van der Waals surface area contributed by atoms with E-state index in [-0.39, 0.29) is 11.8 Å². The topological polar surface area (TPSA) is 49.0 Å². The number of carbonyl (C=O) groups excluding carboxylic acids is 1. The van der Waals surface area contributed by atoms with Gasteiger partial charge in [-0.25, -0.2) is 4.98 Å². The van der Waals surface area contributed by atoms with Crippen molar-refractivity contribution >= 4 is 5.91 Å². The number of aromatic amines is 1. The van der Waals surface area contributed by atoms with Gasteiger partial charge in [0.05, 0.1) is 5.69 Å². The highest BCUT2D eigenvalue weighted by Gasteiger charge is 2.32. The quantitative estimate of drug-likeness (QED) is 0.770. The Balaban J connectivity index is 1.51. The molecule has 2 heterocycles. The lowest BCUT2D eigenvalue weighted by Gasteiger charge is -2.16. The molecule has 3 aromatic rings. The molecule has 0 bridgehead atoms. The van der Waals surface area contributed by atoms with Crippen molar-refractivity contribution in [1.82, 2.24) is 14.9 Å². The van der Waals surface area contributed by atoms with Crippen LogP contribution in [0.1, 0.15) is 35.0 Å². The first kappa shape index (κ1) is 16.6. The number of hydrogen-bond acceptors (Lipinski definition) is 2. The zero-order valence-electron chi connectivity index (χ0n) is 15.2. The number of nitrogens with zero attached hydrogens (tertiary/aromatic N) is 2. The van der Waals surface area contributed by atoms with Gasteiger partial charge in [0.15, 0.2) is 0 Å². The van der Waals surface area contributed by atoms with Gasteiger partial charge in [0.1, 0.15) is 5.82 Å². The molecular weight excluding hydrogens is 322 g/mol. The highest BCUT2D eigenvalue weighted by molar-refractivity contribution is 5.79. The van der Waals surface area contributed by atoms with Gasteiger partial charge in [-0.05, 0) is 19.4 Å². The summed E-state index contributed by atoms with van der Waals surface area (Å²) < 4.78 is 0. The highest BCUT2D eigenvalue weighted by Crippen LogP contribution is 2.30. The van der Waals surface area contributed by atoms with Gasteiger partial charge < -0.3 is 9.88 Å². The molecule has 0 aliphatic carbocycles. The van der Waals surface area contributed by atoms with Gasteiger partial charge in [-0.1, -0.05) is 60.2 Å². The Labute approximate surface area is 153 Å². The molecule has 1 atom stereocenters. The molecule has 26 heavy (non-hydrogen) atoms. The third kappa shape index (κ3) is 3.27. The van der Waals surface area contributed by atoms with Crippen LogP contribution < -0.4 is 0 Å². The van der Waals surface area contributed by atoms with Crippen molar-refractivity contribution < 1.29 is 4.79 Å². The highest BCUT2D eigenvalue weighted by atomic mass is 16.2. The van der Waals surface area contributed by atoms with Gasteiger partial charge in [-0.15, -0.1) is 0 Å². The van der Waals surface area contributed by atoms with E-state index in [1.54, 1.807) is 0 Å². The summed E-state index contributed by atoms with van der Waals surface area (Å²) >= 11 is 0. The summed E-state index contributed by atoms with van der Waals surface area (Å²) in [6.45, 7) is 5.50. The lowest BCUT2D eigenvalue weighted by molar-refractivity contribution is -0.128. The molecule has 1 N–H and O–H groups in total. The van der Waals surface area contributed by atoms with E-state index >= 15 is 0 Å². The van der Waals surface area contributed by atoms with E-state index in [0.717, 1.165) is 22.8 Å². The van der Waals surface area contributed by atoms with Crippen molar-refractivity contribution in [3.63, 3.8) is 0 Å². The van der Waals surface area contributed by atoms with Crippen LogP contribution in [0, 0.1) is 13.8 Å². The van der Waals surface area contributed by atoms with Gasteiger partial charge >= 0.3 is 0 Å². The maximum Gasteiger partial charge on any atom is 0.223 e. The van der Waals surface area contributed by atoms with E-state index in [2.05, 4.69) is 48.3 Å². The first-order valence-electron chi connectivity index (χ1n) is 9.05. The lowest BCUT2D eigenvalue weighted by Crippen LogP contribution is -2.24. The van der Waals surface area contributed by atoms with Crippen LogP contribution in [0.5, 0.6) is 0 Å². The molecule has 2 aromatic carbocycles. The zero-order chi connectivity index (χ0) is 18.1. The van der Waals surface area contributed by atoms with Crippen LogP contribution in [-0.4, -0.2) is 27.3 Å². The number of aromatic nitrogens is 2. The minimum atomic E-state index is 0.129. The fourth-order valence-corrected chi connectivity index (χ4v) is 3.58. The van der Waals surface area contributed by atoms with Crippen molar-refractivity contribution in [1.29, 1.82) is 0 Å². The normalized spacial score (nSPS) is 17.1. The van der Waals surface area contributed by atoms with Gasteiger partial charge in [-0.2, -0.15) is 0 Å². The van der Waals surface area contributed by atoms with Crippen LogP contribution >= 0.6 is 0 Å². The van der Waals surface area contributed by atoms with Gasteiger partial charge in [0.2, 0.25) is 5.91 Å². The minimum absolute atomic E-state index is 0.129. The number of hydrogen-bond donors (Lipinski definition) is 1. The smallest absolute Gasteiger partial charge is 0.223 e. The second-order valence-electron chi connectivity index (χ2n) is 7.12. The monoisotopic (exact) mass is 345 g/mol. The number of amides is 1. The summed E-state index contributed by atoms with van der Waals surface area (Å²) in [5, 5.41) is 0. The predicted octanol–water partition coefficient (Wildman–Crippen LogP) is 4.21. The largest absolute Gasteiger partial charge is 0.345 e. The fraction of sp³-hybridized carbons (Fsp3) is 0.273. The van der Waals surface area contributed by atoms with Crippen molar-refractivity contribution in [2.75, 3.05) is 6.54 Å². The Kier molecular flexibility index (Phi) is 4.33. The third-order valence-electron chi connectivity index (χ3n) is 5.05. The summed E-state index contributed by atoms with van der Waals surface area (Å²) in [7, 11) is 0. The lowest BCUT2D eigenvalue weighted by atomic mass is 10.1. The number of imidazole rings is 1. The number of likely N-dealkylation sites (tertiary alicyclic amines) is 1. The molecule has 1 fully saturated rings. The van der Waals surface area contributed by atoms with E-state index in [0.29, 0.717) is 19.5 Å². The van der Waals surface area contributed by atoms with Gasteiger partial charge in [0.25, 0.3) is 0 Å². The Morgan fingerprint density at radius 3 is 2.54 bits per heavy atom. The summed E-state index contributed by atoms with van der Waals surface area (Å²) in [5.41, 5.74) is 5.54. The number of carbonyl (C=O) groups is 1. The molecule has 1 aliphatic rings. The average molecular weight is 345 g/mol. The van der Waals surface area contributed by atoms with Crippen LogP contribution in [0.25, 0.3) is 11.3 Å². The fourth-order valence-electron chi connectivity index (χ4n) is 3.58. The van der Waals surface area contributed by atoms with Crippen LogP contribution in [0.15, 0.2) is 54.6 Å². The molecule has 1 aromatic heterocycles. The number of benzene rings is 2. The molecule has 0 spiro atoms. The Bertz CT molecular complexity index is 912. The van der Waals surface area contributed by atoms with E-state index in [1.807, 2.05) is 30.0 Å². The summed E-state index contributed by atoms with van der Waals surface area (Å²) in [6, 6.07) is 18.6. The summed E-state index contributed by atoms with van der Waals surface area (Å²) in [4.78, 5) is 22.6. The minimum Gasteiger partial charge on any atom is -0.345 e. The van der Waals surface area contributed by atoms with Gasteiger partial charge in [0, 0.05) is 36.7 Å². The van der Waals surface area contributed by atoms with Crippen molar-refractivity contribution in [3.8, 4) is 11.3 Å².